The van der Waals surface area contributed by atoms with Crippen LogP contribution in [0.4, 0.5) is 4.79 Å². The number of nitrogens with one attached hydrogen (secondary N) is 3. The molecule has 0 saturated carbocycles. The van der Waals surface area contributed by atoms with Gasteiger partial charge in [-0.1, -0.05) is 20.3 Å². The summed E-state index contributed by atoms with van der Waals surface area (Å²) in [5, 5.41) is 9.18. The first-order valence-electron chi connectivity index (χ1n) is 5.97. The van der Waals surface area contributed by atoms with Crippen LogP contribution in [0.25, 0.3) is 0 Å². The molecule has 0 aromatic carbocycles. The van der Waals surface area contributed by atoms with Crippen LogP contribution in [0.2, 0.25) is 0 Å². The lowest BCUT2D eigenvalue weighted by Gasteiger charge is -2.28. The highest BCUT2D eigenvalue weighted by molar-refractivity contribution is 5.74. The van der Waals surface area contributed by atoms with Crippen molar-refractivity contribution in [1.29, 1.82) is 0 Å². The zero-order valence-corrected chi connectivity index (χ0v) is 9.81. The minimum Gasteiger partial charge on any atom is -0.338 e. The summed E-state index contributed by atoms with van der Waals surface area (Å²) >= 11 is 0. The third-order valence-corrected chi connectivity index (χ3v) is 2.72. The van der Waals surface area contributed by atoms with Gasteiger partial charge in [-0.3, -0.25) is 0 Å². The van der Waals surface area contributed by atoms with E-state index in [9.17, 15) is 4.79 Å². The molecule has 2 unspecified atom stereocenters. The smallest absolute Gasteiger partial charge is 0.315 e. The highest BCUT2D eigenvalue weighted by Crippen LogP contribution is 2.08. The van der Waals surface area contributed by atoms with E-state index >= 15 is 0 Å². The Kier molecular flexibility index (Phi) is 5.47. The zero-order chi connectivity index (χ0) is 11.1. The zero-order valence-electron chi connectivity index (χ0n) is 9.81. The van der Waals surface area contributed by atoms with Gasteiger partial charge in [0.25, 0.3) is 0 Å². The van der Waals surface area contributed by atoms with Crippen molar-refractivity contribution in [3.8, 4) is 0 Å². The number of urea groups is 1. The summed E-state index contributed by atoms with van der Waals surface area (Å²) in [5.41, 5.74) is 0. The minimum absolute atomic E-state index is 0.0237. The number of hydrogen-bond donors (Lipinski definition) is 3. The van der Waals surface area contributed by atoms with Crippen molar-refractivity contribution in [3.05, 3.63) is 0 Å². The maximum absolute atomic E-state index is 11.4. The molecule has 0 aromatic rings. The van der Waals surface area contributed by atoms with Crippen LogP contribution in [-0.2, 0) is 0 Å². The van der Waals surface area contributed by atoms with Crippen molar-refractivity contribution in [3.63, 3.8) is 0 Å². The van der Waals surface area contributed by atoms with Gasteiger partial charge < -0.3 is 16.0 Å². The Morgan fingerprint density at radius 1 is 1.47 bits per heavy atom. The molecule has 1 aliphatic rings. The first kappa shape index (κ1) is 12.3. The molecule has 1 rings (SSSR count). The molecule has 1 saturated heterocycles. The van der Waals surface area contributed by atoms with Crippen LogP contribution in [-0.4, -0.2) is 31.7 Å². The van der Waals surface area contributed by atoms with Gasteiger partial charge in [0.2, 0.25) is 0 Å². The van der Waals surface area contributed by atoms with Gasteiger partial charge in [-0.15, -0.1) is 0 Å². The van der Waals surface area contributed by atoms with Gasteiger partial charge in [-0.2, -0.15) is 0 Å². The largest absolute Gasteiger partial charge is 0.338 e. The average molecular weight is 213 g/mol. The van der Waals surface area contributed by atoms with E-state index in [-0.39, 0.29) is 12.1 Å². The fraction of sp³-hybridized carbons (Fsp3) is 0.909. The van der Waals surface area contributed by atoms with Crippen molar-refractivity contribution in [2.75, 3.05) is 19.6 Å². The number of hydrogen-bond acceptors (Lipinski definition) is 2. The lowest BCUT2D eigenvalue weighted by Crippen LogP contribution is -2.51. The van der Waals surface area contributed by atoms with Gasteiger partial charge in [0.1, 0.15) is 0 Å². The SMILES string of the molecule is CCCCNC(=O)NC1CNCC(C)C1. The van der Waals surface area contributed by atoms with Crippen LogP contribution < -0.4 is 16.0 Å². The monoisotopic (exact) mass is 213 g/mol. The van der Waals surface area contributed by atoms with Crippen LogP contribution >= 0.6 is 0 Å². The van der Waals surface area contributed by atoms with Crippen LogP contribution in [0, 0.1) is 5.92 Å². The molecule has 0 aliphatic carbocycles. The fourth-order valence-corrected chi connectivity index (χ4v) is 1.88. The second-order valence-corrected chi connectivity index (χ2v) is 4.45. The Labute approximate surface area is 92.2 Å². The molecule has 1 fully saturated rings. The predicted molar refractivity (Wildman–Crippen MR) is 61.9 cm³/mol. The van der Waals surface area contributed by atoms with Crippen molar-refractivity contribution in [2.45, 2.75) is 39.2 Å². The molecule has 2 atom stereocenters. The maximum atomic E-state index is 11.4. The quantitative estimate of drug-likeness (QED) is 0.612. The summed E-state index contributed by atoms with van der Waals surface area (Å²) in [6, 6.07) is 0.264. The normalized spacial score (nSPS) is 26.0. The Morgan fingerprint density at radius 3 is 2.93 bits per heavy atom. The Balaban J connectivity index is 2.13. The third kappa shape index (κ3) is 5.02. The summed E-state index contributed by atoms with van der Waals surface area (Å²) in [6.07, 6.45) is 3.24. The standard InChI is InChI=1S/C11H23N3O/c1-3-4-5-13-11(15)14-10-6-9(2)7-12-8-10/h9-10,12H,3-8H2,1-2H3,(H2,13,14,15). The first-order valence-corrected chi connectivity index (χ1v) is 5.97. The topological polar surface area (TPSA) is 53.2 Å². The van der Waals surface area contributed by atoms with Gasteiger partial charge in [-0.25, -0.2) is 4.79 Å². The molecule has 0 aromatic heterocycles. The average Bonchev–Trinajstić information content (AvgIpc) is 2.18. The highest BCUT2D eigenvalue weighted by Gasteiger charge is 2.19. The van der Waals surface area contributed by atoms with Crippen LogP contribution in [0.1, 0.15) is 33.1 Å². The summed E-state index contributed by atoms with van der Waals surface area (Å²) in [7, 11) is 0. The van der Waals surface area contributed by atoms with Crippen molar-refractivity contribution < 1.29 is 4.79 Å². The minimum atomic E-state index is -0.0237. The predicted octanol–water partition coefficient (Wildman–Crippen LogP) is 1.08. The Bertz CT molecular complexity index is 196. The second-order valence-electron chi connectivity index (χ2n) is 4.45. The summed E-state index contributed by atoms with van der Waals surface area (Å²) in [5.74, 6) is 0.652. The first-order chi connectivity index (χ1) is 7.22. The van der Waals surface area contributed by atoms with Gasteiger partial charge in [-0.05, 0) is 25.3 Å². The van der Waals surface area contributed by atoms with Gasteiger partial charge >= 0.3 is 6.03 Å². The molecular weight excluding hydrogens is 190 g/mol. The summed E-state index contributed by atoms with van der Waals surface area (Å²) in [4.78, 5) is 11.4. The van der Waals surface area contributed by atoms with Crippen molar-refractivity contribution >= 4 is 6.03 Å². The van der Waals surface area contributed by atoms with E-state index < -0.39 is 0 Å². The molecule has 15 heavy (non-hydrogen) atoms. The number of rotatable bonds is 4. The van der Waals surface area contributed by atoms with Crippen molar-refractivity contribution in [2.24, 2.45) is 5.92 Å². The summed E-state index contributed by atoms with van der Waals surface area (Å²) in [6.45, 7) is 7.06. The van der Waals surface area contributed by atoms with Gasteiger partial charge in [0.15, 0.2) is 0 Å². The van der Waals surface area contributed by atoms with E-state index in [1.165, 1.54) is 0 Å². The Hall–Kier alpha value is -0.770. The molecule has 3 N–H and O–H groups in total. The molecule has 1 aliphatic heterocycles. The molecular formula is C11H23N3O. The molecule has 4 nitrogen and oxygen atoms in total. The molecule has 0 spiro atoms. The van der Waals surface area contributed by atoms with Crippen molar-refractivity contribution in [1.82, 2.24) is 16.0 Å². The molecule has 88 valence electrons. The van der Waals surface area contributed by atoms with E-state index in [1.54, 1.807) is 0 Å². The number of unbranched alkanes of at least 4 members (excludes halogenated alkanes) is 1. The number of piperidine rings is 1. The molecule has 0 bridgehead atoms. The lowest BCUT2D eigenvalue weighted by atomic mass is 9.98. The highest BCUT2D eigenvalue weighted by atomic mass is 16.2. The number of carbonyl (C=O) groups is 1. The van der Waals surface area contributed by atoms with E-state index in [4.69, 9.17) is 0 Å². The van der Waals surface area contributed by atoms with Crippen LogP contribution in [0.3, 0.4) is 0 Å². The lowest BCUT2D eigenvalue weighted by molar-refractivity contribution is 0.230. The van der Waals surface area contributed by atoms with Gasteiger partial charge in [0.05, 0.1) is 0 Å². The number of amides is 2. The van der Waals surface area contributed by atoms with E-state index in [2.05, 4.69) is 29.8 Å². The van der Waals surface area contributed by atoms with Crippen LogP contribution in [0.5, 0.6) is 0 Å². The maximum Gasteiger partial charge on any atom is 0.315 e. The van der Waals surface area contributed by atoms with E-state index in [1.807, 2.05) is 0 Å². The second kappa shape index (κ2) is 6.67. The molecule has 4 heteroatoms. The number of carbonyl (C=O) groups excluding carboxylic acids is 1. The molecule has 1 heterocycles. The molecule has 0 radical (unpaired) electrons. The van der Waals surface area contributed by atoms with Crippen LogP contribution in [0.15, 0.2) is 0 Å². The van der Waals surface area contributed by atoms with E-state index in [0.717, 1.165) is 38.9 Å². The fourth-order valence-electron chi connectivity index (χ4n) is 1.88. The van der Waals surface area contributed by atoms with Gasteiger partial charge in [0, 0.05) is 19.1 Å². The summed E-state index contributed by atoms with van der Waals surface area (Å²) < 4.78 is 0. The van der Waals surface area contributed by atoms with E-state index in [0.29, 0.717) is 5.92 Å². The molecule has 2 amide bonds. The third-order valence-electron chi connectivity index (χ3n) is 2.72. The Morgan fingerprint density at radius 2 is 2.27 bits per heavy atom.